The second-order valence-corrected chi connectivity index (χ2v) is 8.19. The van der Waals surface area contributed by atoms with Crippen LogP contribution in [0.25, 0.3) is 15.8 Å². The van der Waals surface area contributed by atoms with E-state index < -0.39 is 26.5 Å². The molecule has 3 aromatic rings. The first-order valence-electron chi connectivity index (χ1n) is 6.01. The summed E-state index contributed by atoms with van der Waals surface area (Å²) in [5.74, 6) is -0.680. The number of rotatable bonds is 2. The SMILES string of the molecule is O=c1c2cc(F)ccc2sn1-c1cccc(S(F)(F)(F)(F)F)c1. The summed E-state index contributed by atoms with van der Waals surface area (Å²) in [4.78, 5) is 10.1. The van der Waals surface area contributed by atoms with Crippen molar-refractivity contribution in [2.75, 3.05) is 0 Å². The zero-order valence-electron chi connectivity index (χ0n) is 11.0. The molecule has 2 aromatic carbocycles. The number of benzene rings is 2. The molecule has 124 valence electrons. The minimum Gasteiger partial charge on any atom is -0.267 e. The van der Waals surface area contributed by atoms with Gasteiger partial charge in [0, 0.05) is 0 Å². The molecule has 2 nitrogen and oxygen atoms in total. The predicted molar refractivity (Wildman–Crippen MR) is 78.8 cm³/mol. The second-order valence-electron chi connectivity index (χ2n) is 4.80. The quantitative estimate of drug-likeness (QED) is 0.518. The molecule has 0 atom stereocenters. The molecular formula is C13H7F6NOS2. The summed E-state index contributed by atoms with van der Waals surface area (Å²) >= 11 is 0.741. The van der Waals surface area contributed by atoms with E-state index in [9.17, 15) is 28.6 Å². The molecule has 0 unspecified atom stereocenters. The third kappa shape index (κ3) is 2.95. The van der Waals surface area contributed by atoms with Crippen LogP contribution < -0.4 is 5.56 Å². The first-order valence-corrected chi connectivity index (χ1v) is 8.74. The molecule has 0 radical (unpaired) electrons. The maximum absolute atomic E-state index is 13.2. The lowest BCUT2D eigenvalue weighted by Crippen LogP contribution is -2.12. The fourth-order valence-electron chi connectivity index (χ4n) is 2.02. The van der Waals surface area contributed by atoms with Crippen LogP contribution in [0.2, 0.25) is 0 Å². The minimum atomic E-state index is -9.85. The van der Waals surface area contributed by atoms with Gasteiger partial charge in [-0.2, -0.15) is 0 Å². The first-order chi connectivity index (χ1) is 10.3. The van der Waals surface area contributed by atoms with E-state index in [2.05, 4.69) is 0 Å². The van der Waals surface area contributed by atoms with Crippen LogP contribution in [-0.4, -0.2) is 3.96 Å². The molecule has 0 spiro atoms. The van der Waals surface area contributed by atoms with E-state index in [0.717, 1.165) is 39.8 Å². The van der Waals surface area contributed by atoms with Crippen molar-refractivity contribution in [3.63, 3.8) is 0 Å². The van der Waals surface area contributed by atoms with E-state index >= 15 is 0 Å². The summed E-state index contributed by atoms with van der Waals surface area (Å²) in [5.41, 5.74) is -1.13. The Labute approximate surface area is 129 Å². The molecule has 0 bridgehead atoms. The van der Waals surface area contributed by atoms with E-state index in [-0.39, 0.29) is 23.2 Å². The van der Waals surface area contributed by atoms with Gasteiger partial charge in [-0.15, -0.1) is 0 Å². The Morgan fingerprint density at radius 1 is 0.957 bits per heavy atom. The summed E-state index contributed by atoms with van der Waals surface area (Å²) in [6.45, 7) is 0. The van der Waals surface area contributed by atoms with Crippen LogP contribution in [0.4, 0.5) is 23.8 Å². The fraction of sp³-hybridized carbons (Fsp3) is 0. The zero-order chi connectivity index (χ0) is 17.1. The van der Waals surface area contributed by atoms with Crippen molar-refractivity contribution in [2.45, 2.75) is 4.90 Å². The highest BCUT2D eigenvalue weighted by Gasteiger charge is 2.65. The molecule has 0 amide bonds. The number of halogens is 6. The highest BCUT2D eigenvalue weighted by atomic mass is 32.5. The third-order valence-electron chi connectivity index (χ3n) is 3.04. The number of nitrogens with zero attached hydrogens (tertiary/aromatic N) is 1. The molecule has 23 heavy (non-hydrogen) atoms. The lowest BCUT2D eigenvalue weighted by molar-refractivity contribution is 0.364. The van der Waals surface area contributed by atoms with Gasteiger partial charge in [0.25, 0.3) is 5.56 Å². The van der Waals surface area contributed by atoms with Gasteiger partial charge < -0.3 is 0 Å². The van der Waals surface area contributed by atoms with Gasteiger partial charge in [0.2, 0.25) is 0 Å². The molecule has 0 aliphatic heterocycles. The average molecular weight is 371 g/mol. The Morgan fingerprint density at radius 2 is 1.65 bits per heavy atom. The van der Waals surface area contributed by atoms with E-state index in [4.69, 9.17) is 0 Å². The van der Waals surface area contributed by atoms with E-state index in [1.54, 1.807) is 0 Å². The number of hydrogen-bond donors (Lipinski definition) is 0. The summed E-state index contributed by atoms with van der Waals surface area (Å²) in [6.07, 6.45) is 0. The van der Waals surface area contributed by atoms with Crippen molar-refractivity contribution in [3.8, 4) is 5.69 Å². The molecule has 0 saturated carbocycles. The van der Waals surface area contributed by atoms with Gasteiger partial charge in [-0.1, -0.05) is 37.0 Å². The number of fused-ring (bicyclic) bond motifs is 1. The summed E-state index contributed by atoms with van der Waals surface area (Å²) in [7, 11) is -9.85. The van der Waals surface area contributed by atoms with Crippen LogP contribution >= 0.6 is 21.8 Å². The van der Waals surface area contributed by atoms with Gasteiger partial charge in [-0.25, -0.2) is 8.35 Å². The fourth-order valence-corrected chi connectivity index (χ4v) is 3.67. The minimum absolute atomic E-state index is 0.0345. The molecule has 0 saturated heterocycles. The smallest absolute Gasteiger partial charge is 0.267 e. The van der Waals surface area contributed by atoms with Gasteiger partial charge in [0.15, 0.2) is 0 Å². The van der Waals surface area contributed by atoms with Crippen LogP contribution in [0.3, 0.4) is 0 Å². The highest BCUT2D eigenvalue weighted by molar-refractivity contribution is 8.45. The Morgan fingerprint density at radius 3 is 2.30 bits per heavy atom. The molecular weight excluding hydrogens is 364 g/mol. The maximum atomic E-state index is 13.2. The molecule has 1 heterocycles. The topological polar surface area (TPSA) is 22.0 Å². The zero-order valence-corrected chi connectivity index (χ0v) is 12.6. The van der Waals surface area contributed by atoms with E-state index in [1.807, 2.05) is 0 Å². The van der Waals surface area contributed by atoms with E-state index in [1.165, 1.54) is 6.07 Å². The number of hydrogen-bond acceptors (Lipinski definition) is 2. The average Bonchev–Trinajstić information content (AvgIpc) is 2.74. The van der Waals surface area contributed by atoms with Gasteiger partial charge in [-0.05, 0) is 36.4 Å². The van der Waals surface area contributed by atoms with Crippen LogP contribution in [0, 0.1) is 5.82 Å². The Balaban J connectivity index is 2.26. The van der Waals surface area contributed by atoms with Crippen LogP contribution in [-0.2, 0) is 0 Å². The molecule has 1 aromatic heterocycles. The van der Waals surface area contributed by atoms with Gasteiger partial charge >= 0.3 is 10.2 Å². The van der Waals surface area contributed by atoms with Crippen LogP contribution in [0.15, 0.2) is 52.2 Å². The normalized spacial score (nSPS) is 15.4. The van der Waals surface area contributed by atoms with Crippen LogP contribution in [0.5, 0.6) is 0 Å². The molecule has 0 fully saturated rings. The van der Waals surface area contributed by atoms with Crippen LogP contribution in [0.1, 0.15) is 0 Å². The van der Waals surface area contributed by atoms with E-state index in [0.29, 0.717) is 4.70 Å². The van der Waals surface area contributed by atoms with Crippen molar-refractivity contribution < 1.29 is 23.8 Å². The second kappa shape index (κ2) is 4.12. The Bertz CT molecular complexity index is 990. The predicted octanol–water partition coefficient (Wildman–Crippen LogP) is 5.85. The largest absolute Gasteiger partial charge is 0.310 e. The van der Waals surface area contributed by atoms with Crippen molar-refractivity contribution in [1.29, 1.82) is 0 Å². The van der Waals surface area contributed by atoms with Crippen molar-refractivity contribution in [3.05, 3.63) is 58.6 Å². The molecule has 0 N–H and O–H groups in total. The molecule has 10 heteroatoms. The Hall–Kier alpha value is -1.94. The standard InChI is InChI=1S/C13H7F6NOS2/c14-8-4-5-12-11(6-8)13(21)20(22-12)9-2-1-3-10(7-9)23(15,16,17,18)19/h1-7H. The molecule has 0 aliphatic carbocycles. The van der Waals surface area contributed by atoms with Gasteiger partial charge in [0.05, 0.1) is 15.8 Å². The summed E-state index contributed by atoms with van der Waals surface area (Å²) < 4.78 is 78.6. The molecule has 3 rings (SSSR count). The van der Waals surface area contributed by atoms with Crippen molar-refractivity contribution in [1.82, 2.24) is 3.96 Å². The maximum Gasteiger partial charge on any atom is 0.310 e. The molecule has 0 aliphatic rings. The summed E-state index contributed by atoms with van der Waals surface area (Å²) in [6, 6.07) is 5.69. The van der Waals surface area contributed by atoms with Crippen molar-refractivity contribution in [2.24, 2.45) is 0 Å². The lowest BCUT2D eigenvalue weighted by Gasteiger charge is -2.40. The first kappa shape index (κ1) is 15.9. The van der Waals surface area contributed by atoms with Gasteiger partial charge in [-0.3, -0.25) is 4.79 Å². The summed E-state index contributed by atoms with van der Waals surface area (Å²) in [5, 5.41) is -0.0345. The highest BCUT2D eigenvalue weighted by Crippen LogP contribution is 3.02. The Kier molecular flexibility index (Phi) is 2.85. The monoisotopic (exact) mass is 371 g/mol. The lowest BCUT2D eigenvalue weighted by atomic mass is 10.2. The van der Waals surface area contributed by atoms with Gasteiger partial charge in [0.1, 0.15) is 10.7 Å². The third-order valence-corrected chi connectivity index (χ3v) is 5.30. The van der Waals surface area contributed by atoms with Crippen molar-refractivity contribution >= 4 is 31.8 Å². The number of aromatic nitrogens is 1.